The van der Waals surface area contributed by atoms with Crippen molar-refractivity contribution >= 4 is 29.8 Å². The topological polar surface area (TPSA) is 77.4 Å². The number of thiol groups is 1. The number of rotatable bonds is 18. The van der Waals surface area contributed by atoms with E-state index in [0.717, 1.165) is 18.2 Å². The molecule has 0 aliphatic carbocycles. The highest BCUT2D eigenvalue weighted by Gasteiger charge is 2.34. The molecule has 0 aromatic heterocycles. The fourth-order valence-electron chi connectivity index (χ4n) is 2.34. The first-order valence-corrected chi connectivity index (χ1v) is 16.1. The molecule has 0 bridgehead atoms. The molecule has 5 unspecified atom stereocenters. The molecule has 0 saturated carbocycles. The normalized spacial score (nSPS) is 19.0. The molecule has 2 N–H and O–H groups in total. The molecule has 0 amide bonds. The van der Waals surface area contributed by atoms with Gasteiger partial charge in [0.1, 0.15) is 0 Å². The van der Waals surface area contributed by atoms with Crippen molar-refractivity contribution < 1.29 is 27.9 Å². The van der Waals surface area contributed by atoms with Gasteiger partial charge in [0.2, 0.25) is 0 Å². The van der Waals surface area contributed by atoms with Gasteiger partial charge in [0, 0.05) is 57.4 Å². The molecule has 9 heteroatoms. The first-order valence-electron chi connectivity index (χ1n) is 10.5. The minimum Gasteiger partial charge on any atom is -0.396 e. The minimum absolute atomic E-state index is 0.0564. The second-order valence-corrected chi connectivity index (χ2v) is 15.4. The van der Waals surface area contributed by atoms with Crippen LogP contribution in [0.1, 0.15) is 27.2 Å². The van der Waals surface area contributed by atoms with Crippen LogP contribution in [0, 0.1) is 30.1 Å². The van der Waals surface area contributed by atoms with Crippen LogP contribution in [0.2, 0.25) is 25.2 Å². The number of hydrogen-bond acceptors (Lipinski definition) is 7. The summed E-state index contributed by atoms with van der Waals surface area (Å²) in [6.45, 7) is 12.2. The Morgan fingerprint density at radius 3 is 1.62 bits per heavy atom. The van der Waals surface area contributed by atoms with Gasteiger partial charge in [-0.15, -0.1) is 12.3 Å². The minimum atomic E-state index is -2.48. The van der Waals surface area contributed by atoms with E-state index in [-0.39, 0.29) is 31.0 Å². The van der Waals surface area contributed by atoms with E-state index in [0.29, 0.717) is 32.5 Å². The van der Waals surface area contributed by atoms with E-state index in [9.17, 15) is 10.2 Å². The fraction of sp³-hybridized carbons (Fsp3) is 0.900. The predicted octanol–water partition coefficient (Wildman–Crippen LogP) is 3.04. The lowest BCUT2D eigenvalue weighted by Gasteiger charge is -2.31. The van der Waals surface area contributed by atoms with Crippen LogP contribution in [0.4, 0.5) is 0 Å². The summed E-state index contributed by atoms with van der Waals surface area (Å²) in [6.07, 6.45) is 6.45. The molecule has 0 fully saturated rings. The van der Waals surface area contributed by atoms with E-state index >= 15 is 0 Å². The van der Waals surface area contributed by atoms with Crippen LogP contribution in [0.3, 0.4) is 0 Å². The third-order valence-corrected chi connectivity index (χ3v) is 10.1. The molecule has 0 heterocycles. The Hall–Kier alpha value is 0.104. The van der Waals surface area contributed by atoms with E-state index in [4.69, 9.17) is 24.1 Å². The van der Waals surface area contributed by atoms with Gasteiger partial charge in [-0.3, -0.25) is 0 Å². The van der Waals surface area contributed by atoms with Gasteiger partial charge in [0.05, 0.1) is 6.04 Å². The van der Waals surface area contributed by atoms with Crippen molar-refractivity contribution in [2.45, 2.75) is 52.4 Å². The van der Waals surface area contributed by atoms with Crippen LogP contribution >= 0.6 is 12.6 Å². The largest absolute Gasteiger partial charge is 0.396 e. The van der Waals surface area contributed by atoms with E-state index in [1.165, 1.54) is 0 Å². The van der Waals surface area contributed by atoms with Crippen LogP contribution in [0.15, 0.2) is 0 Å². The number of hydrogen-bond donors (Lipinski definition) is 3. The van der Waals surface area contributed by atoms with Gasteiger partial charge in [-0.25, -0.2) is 0 Å². The lowest BCUT2D eigenvalue weighted by Crippen LogP contribution is -2.43. The molecular weight excluding hydrogens is 424 g/mol. The molecule has 0 aliphatic heterocycles. The summed E-state index contributed by atoms with van der Waals surface area (Å²) < 4.78 is 24.5. The maximum absolute atomic E-state index is 9.24. The van der Waals surface area contributed by atoms with Crippen molar-refractivity contribution in [2.75, 3.05) is 45.4 Å². The van der Waals surface area contributed by atoms with E-state index in [1.54, 1.807) is 0 Å². The Morgan fingerprint density at radius 2 is 1.24 bits per heavy atom. The van der Waals surface area contributed by atoms with E-state index < -0.39 is 17.1 Å². The second kappa shape index (κ2) is 15.8. The SMILES string of the molecule is C#CC[Si](C)(OCC(C)CO)OCC(C)CO[Si](C)(CCCS)OCC(C)CO. The highest BCUT2D eigenvalue weighted by molar-refractivity contribution is 7.80. The van der Waals surface area contributed by atoms with Gasteiger partial charge >= 0.3 is 17.1 Å². The fourth-order valence-corrected chi connectivity index (χ4v) is 7.20. The second-order valence-electron chi connectivity index (χ2n) is 8.40. The van der Waals surface area contributed by atoms with Crippen LogP contribution in [0.5, 0.6) is 0 Å². The quantitative estimate of drug-likeness (QED) is 0.164. The van der Waals surface area contributed by atoms with Crippen molar-refractivity contribution in [1.29, 1.82) is 0 Å². The highest BCUT2D eigenvalue weighted by Crippen LogP contribution is 2.20. The summed E-state index contributed by atoms with van der Waals surface area (Å²) >= 11 is 4.30. The standard InChI is InChI=1S/C20H42O6SSi2/c1-7-10-28(5,23-14-18(2)12-21)25-16-20(4)17-26-29(6,11-8-9-27)24-15-19(3)13-22/h1,18-22,27H,8-17H2,2-6H3. The Morgan fingerprint density at radius 1 is 0.828 bits per heavy atom. The van der Waals surface area contributed by atoms with Gasteiger partial charge in [-0.05, 0) is 31.3 Å². The molecule has 0 radical (unpaired) electrons. The Kier molecular flexibility index (Phi) is 15.9. The molecule has 0 saturated heterocycles. The van der Waals surface area contributed by atoms with Crippen molar-refractivity contribution in [1.82, 2.24) is 0 Å². The summed E-state index contributed by atoms with van der Waals surface area (Å²) in [5.74, 6) is 3.77. The van der Waals surface area contributed by atoms with Crippen LogP contribution in [0.25, 0.3) is 0 Å². The number of terminal acetylenes is 1. The lowest BCUT2D eigenvalue weighted by molar-refractivity contribution is 0.0881. The number of aliphatic hydroxyl groups excluding tert-OH is 2. The third-order valence-electron chi connectivity index (χ3n) is 4.53. The van der Waals surface area contributed by atoms with Crippen LogP contribution in [-0.2, 0) is 17.7 Å². The van der Waals surface area contributed by atoms with Gasteiger partial charge in [0.25, 0.3) is 0 Å². The molecule has 172 valence electrons. The highest BCUT2D eigenvalue weighted by atomic mass is 32.1. The maximum Gasteiger partial charge on any atom is 0.347 e. The molecule has 0 rings (SSSR count). The average molecular weight is 467 g/mol. The molecule has 0 aromatic carbocycles. The van der Waals surface area contributed by atoms with E-state index in [2.05, 4.69) is 32.0 Å². The van der Waals surface area contributed by atoms with Gasteiger partial charge in [0.15, 0.2) is 0 Å². The molecular formula is C20H42O6SSi2. The summed E-state index contributed by atoms with van der Waals surface area (Å²) in [5.41, 5.74) is 0. The summed E-state index contributed by atoms with van der Waals surface area (Å²) in [6, 6.07) is 1.34. The van der Waals surface area contributed by atoms with Gasteiger partial charge in [-0.1, -0.05) is 20.8 Å². The van der Waals surface area contributed by atoms with Crippen LogP contribution in [-0.4, -0.2) is 72.7 Å². The Balaban J connectivity index is 4.64. The zero-order valence-electron chi connectivity index (χ0n) is 18.9. The lowest BCUT2D eigenvalue weighted by atomic mass is 10.2. The molecule has 5 atom stereocenters. The summed E-state index contributed by atoms with van der Waals surface area (Å²) in [4.78, 5) is 0. The maximum atomic E-state index is 9.24. The Labute approximate surface area is 185 Å². The summed E-state index contributed by atoms with van der Waals surface area (Å²) in [5, 5.41) is 18.4. The molecule has 0 spiro atoms. The first kappa shape index (κ1) is 29.1. The monoisotopic (exact) mass is 466 g/mol. The molecule has 6 nitrogen and oxygen atoms in total. The van der Waals surface area contributed by atoms with Crippen molar-refractivity contribution in [3.63, 3.8) is 0 Å². The summed E-state index contributed by atoms with van der Waals surface area (Å²) in [7, 11) is -4.82. The van der Waals surface area contributed by atoms with Crippen molar-refractivity contribution in [3.8, 4) is 12.3 Å². The zero-order valence-corrected chi connectivity index (χ0v) is 21.7. The van der Waals surface area contributed by atoms with Gasteiger partial charge < -0.3 is 27.9 Å². The van der Waals surface area contributed by atoms with Crippen molar-refractivity contribution in [3.05, 3.63) is 0 Å². The van der Waals surface area contributed by atoms with E-state index in [1.807, 2.05) is 20.4 Å². The van der Waals surface area contributed by atoms with Crippen LogP contribution < -0.4 is 0 Å². The molecule has 0 aliphatic rings. The number of aliphatic hydroxyl groups is 2. The van der Waals surface area contributed by atoms with Crippen molar-refractivity contribution in [2.24, 2.45) is 17.8 Å². The third kappa shape index (κ3) is 13.9. The molecule has 29 heavy (non-hydrogen) atoms. The average Bonchev–Trinajstić information content (AvgIpc) is 2.71. The molecule has 0 aromatic rings. The predicted molar refractivity (Wildman–Crippen MR) is 126 cm³/mol. The zero-order chi connectivity index (χ0) is 22.3. The first-order chi connectivity index (χ1) is 13.6. The Bertz CT molecular complexity index is 467. The smallest absolute Gasteiger partial charge is 0.347 e. The van der Waals surface area contributed by atoms with Gasteiger partial charge in [-0.2, -0.15) is 12.6 Å².